The lowest BCUT2D eigenvalue weighted by molar-refractivity contribution is -0.344. The molecular formula is C28H36N2. The number of benzene rings is 2. The van der Waals surface area contributed by atoms with E-state index in [-0.39, 0.29) is 0 Å². The molecule has 0 bridgehead atoms. The first kappa shape index (κ1) is 22.2. The Bertz CT molecular complexity index is 899. The van der Waals surface area contributed by atoms with Gasteiger partial charge in [-0.25, -0.2) is 4.70 Å². The Morgan fingerprint density at radius 2 is 1.23 bits per heavy atom. The number of hydrogen-bond donors (Lipinski definition) is 0. The highest BCUT2D eigenvalue weighted by Crippen LogP contribution is 2.36. The Morgan fingerprint density at radius 3 is 1.80 bits per heavy atom. The number of nitrogens with zero attached hydrogens (tertiary/aromatic N) is 2. The lowest BCUT2D eigenvalue weighted by Gasteiger charge is -2.10. The summed E-state index contributed by atoms with van der Waals surface area (Å²) in [4.78, 5) is 0. The SMILES string of the molecule is CCCCCCc1ccc(C2=C(CC)C=C(c3ccc(CCCC)cc3)[N+]2=[N-])cc1. The van der Waals surface area contributed by atoms with E-state index < -0.39 is 0 Å². The van der Waals surface area contributed by atoms with Gasteiger partial charge in [-0.3, -0.25) is 0 Å². The van der Waals surface area contributed by atoms with Crippen molar-refractivity contribution in [2.75, 3.05) is 0 Å². The molecule has 0 fully saturated rings. The largest absolute Gasteiger partial charge is 0.493 e. The Labute approximate surface area is 182 Å². The zero-order chi connectivity index (χ0) is 21.3. The van der Waals surface area contributed by atoms with Crippen LogP contribution in [0.2, 0.25) is 0 Å². The molecule has 0 aromatic heterocycles. The zero-order valence-electron chi connectivity index (χ0n) is 19.0. The van der Waals surface area contributed by atoms with Crippen LogP contribution in [0.4, 0.5) is 0 Å². The molecule has 158 valence electrons. The van der Waals surface area contributed by atoms with Crippen LogP contribution in [0.25, 0.3) is 16.9 Å². The third-order valence-corrected chi connectivity index (χ3v) is 6.05. The smallest absolute Gasteiger partial charge is 0.210 e. The molecule has 30 heavy (non-hydrogen) atoms. The molecule has 0 amide bonds. The second-order valence-electron chi connectivity index (χ2n) is 8.38. The first-order chi connectivity index (χ1) is 14.7. The molecule has 2 aromatic carbocycles. The number of aryl methyl sites for hydroxylation is 2. The second kappa shape index (κ2) is 11.1. The van der Waals surface area contributed by atoms with Crippen LogP contribution in [-0.2, 0) is 12.8 Å². The number of rotatable bonds is 11. The van der Waals surface area contributed by atoms with Crippen LogP contribution in [0, 0.1) is 0 Å². The van der Waals surface area contributed by atoms with Gasteiger partial charge in [0, 0.05) is 22.8 Å². The number of unbranched alkanes of at least 4 members (excludes halogenated alkanes) is 4. The Kier molecular flexibility index (Phi) is 8.19. The predicted octanol–water partition coefficient (Wildman–Crippen LogP) is 8.36. The minimum atomic E-state index is 0.868. The van der Waals surface area contributed by atoms with Gasteiger partial charge in [0.1, 0.15) is 0 Å². The molecule has 0 aliphatic carbocycles. The van der Waals surface area contributed by atoms with E-state index in [4.69, 9.17) is 0 Å². The standard InChI is InChI=1S/C28H36N2/c1-4-7-9-10-12-23-15-19-26(20-16-23)28-24(6-3)21-27(30(28)29)25-17-13-22(14-18-25)11-8-5-2/h13-21H,4-12H2,1-3H3. The van der Waals surface area contributed by atoms with Crippen molar-refractivity contribution < 1.29 is 4.70 Å². The lowest BCUT2D eigenvalue weighted by Crippen LogP contribution is -2.02. The first-order valence-corrected chi connectivity index (χ1v) is 11.8. The summed E-state index contributed by atoms with van der Waals surface area (Å²) >= 11 is 0. The van der Waals surface area contributed by atoms with Gasteiger partial charge in [-0.15, -0.1) is 0 Å². The van der Waals surface area contributed by atoms with E-state index in [1.54, 1.807) is 0 Å². The van der Waals surface area contributed by atoms with E-state index in [0.29, 0.717) is 0 Å². The van der Waals surface area contributed by atoms with Crippen LogP contribution in [-0.4, -0.2) is 4.70 Å². The van der Waals surface area contributed by atoms with Gasteiger partial charge >= 0.3 is 0 Å². The predicted molar refractivity (Wildman–Crippen MR) is 128 cm³/mol. The molecule has 1 heterocycles. The maximum atomic E-state index is 11.0. The van der Waals surface area contributed by atoms with Crippen LogP contribution < -0.4 is 0 Å². The molecule has 3 rings (SSSR count). The minimum absolute atomic E-state index is 0.868. The molecular weight excluding hydrogens is 364 g/mol. The van der Waals surface area contributed by atoms with E-state index in [9.17, 15) is 5.53 Å². The van der Waals surface area contributed by atoms with Gasteiger partial charge in [-0.1, -0.05) is 70.7 Å². The van der Waals surface area contributed by atoms with Crippen molar-refractivity contribution in [2.24, 2.45) is 0 Å². The molecule has 1 aliphatic heterocycles. The molecule has 2 heteroatoms. The molecule has 2 nitrogen and oxygen atoms in total. The van der Waals surface area contributed by atoms with E-state index in [2.05, 4.69) is 75.4 Å². The second-order valence-corrected chi connectivity index (χ2v) is 8.38. The van der Waals surface area contributed by atoms with Crippen molar-refractivity contribution in [2.45, 2.75) is 78.6 Å². The van der Waals surface area contributed by atoms with Crippen LogP contribution in [0.1, 0.15) is 88.0 Å². The molecule has 0 radical (unpaired) electrons. The highest BCUT2D eigenvalue weighted by Gasteiger charge is 2.27. The van der Waals surface area contributed by atoms with Crippen molar-refractivity contribution >= 4 is 11.4 Å². The summed E-state index contributed by atoms with van der Waals surface area (Å²) in [6.45, 7) is 6.62. The normalized spacial score (nSPS) is 13.8. The van der Waals surface area contributed by atoms with Crippen LogP contribution >= 0.6 is 0 Å². The molecule has 0 N–H and O–H groups in total. The number of allylic oxidation sites excluding steroid dienone is 2. The first-order valence-electron chi connectivity index (χ1n) is 11.8. The fourth-order valence-corrected chi connectivity index (χ4v) is 4.14. The van der Waals surface area contributed by atoms with Gasteiger partial charge < -0.3 is 5.53 Å². The summed E-state index contributed by atoms with van der Waals surface area (Å²) in [5, 5.41) is 0. The quantitative estimate of drug-likeness (QED) is 0.267. The summed E-state index contributed by atoms with van der Waals surface area (Å²) in [5.41, 5.74) is 18.9. The molecule has 0 atom stereocenters. The Morgan fingerprint density at radius 1 is 0.667 bits per heavy atom. The minimum Gasteiger partial charge on any atom is -0.493 e. The molecule has 2 aromatic rings. The van der Waals surface area contributed by atoms with Crippen molar-refractivity contribution in [3.63, 3.8) is 0 Å². The molecule has 0 saturated carbocycles. The van der Waals surface area contributed by atoms with Gasteiger partial charge in [0.2, 0.25) is 11.4 Å². The highest BCUT2D eigenvalue weighted by atomic mass is 15.2. The Hall–Kier alpha value is -2.48. The summed E-state index contributed by atoms with van der Waals surface area (Å²) in [6.07, 6.45) is 12.9. The van der Waals surface area contributed by atoms with E-state index in [1.165, 1.54) is 59.9 Å². The fourth-order valence-electron chi connectivity index (χ4n) is 4.14. The van der Waals surface area contributed by atoms with Crippen molar-refractivity contribution in [1.29, 1.82) is 0 Å². The summed E-state index contributed by atoms with van der Waals surface area (Å²) < 4.78 is 1.39. The molecule has 0 saturated heterocycles. The maximum absolute atomic E-state index is 11.0. The van der Waals surface area contributed by atoms with E-state index in [0.717, 1.165) is 41.8 Å². The third-order valence-electron chi connectivity index (χ3n) is 6.05. The molecule has 0 unspecified atom stereocenters. The van der Waals surface area contributed by atoms with Gasteiger partial charge in [0.15, 0.2) is 0 Å². The Balaban J connectivity index is 1.73. The average Bonchev–Trinajstić information content (AvgIpc) is 3.12. The lowest BCUT2D eigenvalue weighted by atomic mass is 10.0. The van der Waals surface area contributed by atoms with Gasteiger partial charge in [0.05, 0.1) is 0 Å². The monoisotopic (exact) mass is 400 g/mol. The van der Waals surface area contributed by atoms with E-state index >= 15 is 0 Å². The number of hydrogen-bond acceptors (Lipinski definition) is 0. The van der Waals surface area contributed by atoms with Crippen molar-refractivity contribution in [3.8, 4) is 0 Å². The van der Waals surface area contributed by atoms with Gasteiger partial charge in [-0.05, 0) is 67.5 Å². The van der Waals surface area contributed by atoms with Crippen LogP contribution in [0.15, 0.2) is 60.2 Å². The summed E-state index contributed by atoms with van der Waals surface area (Å²) in [5.74, 6) is 0. The molecule has 1 aliphatic rings. The maximum Gasteiger partial charge on any atom is 0.210 e. The fraction of sp³-hybridized carbons (Fsp3) is 0.429. The average molecular weight is 401 g/mol. The third kappa shape index (κ3) is 5.36. The summed E-state index contributed by atoms with van der Waals surface area (Å²) in [7, 11) is 0. The van der Waals surface area contributed by atoms with Gasteiger partial charge in [0.25, 0.3) is 0 Å². The van der Waals surface area contributed by atoms with Crippen molar-refractivity contribution in [3.05, 3.63) is 88.0 Å². The van der Waals surface area contributed by atoms with Crippen LogP contribution in [0.3, 0.4) is 0 Å². The topological polar surface area (TPSA) is 25.3 Å². The summed E-state index contributed by atoms with van der Waals surface area (Å²) in [6, 6.07) is 17.4. The zero-order valence-corrected chi connectivity index (χ0v) is 19.0. The van der Waals surface area contributed by atoms with E-state index in [1.807, 2.05) is 0 Å². The molecule has 0 spiro atoms. The van der Waals surface area contributed by atoms with Crippen LogP contribution in [0.5, 0.6) is 0 Å². The highest BCUT2D eigenvalue weighted by molar-refractivity contribution is 5.78. The van der Waals surface area contributed by atoms with Crippen molar-refractivity contribution in [1.82, 2.24) is 0 Å². The van der Waals surface area contributed by atoms with Gasteiger partial charge in [-0.2, -0.15) is 0 Å².